The van der Waals surface area contributed by atoms with Crippen LogP contribution < -0.4 is 15.0 Å². The molecule has 1 N–H and O–H groups in total. The Morgan fingerprint density at radius 1 is 1.13 bits per heavy atom. The second-order valence-electron chi connectivity index (χ2n) is 13.7. The molecule has 4 unspecified atom stereocenters. The number of anilines is 1. The summed E-state index contributed by atoms with van der Waals surface area (Å²) in [4.78, 5) is 14.5. The van der Waals surface area contributed by atoms with E-state index < -0.39 is 8.32 Å². The van der Waals surface area contributed by atoms with Crippen molar-refractivity contribution >= 4 is 41.0 Å². The number of ether oxygens (including phenoxy) is 1. The number of aromatic nitrogens is 2. The fraction of sp³-hybridized carbons (Fsp3) is 0.724. The van der Waals surface area contributed by atoms with E-state index in [1.165, 1.54) is 12.8 Å². The molecule has 4 saturated heterocycles. The molecule has 2 bridgehead atoms. The number of fused-ring (bicyclic) bond motifs is 4. The third-order valence-electron chi connectivity index (χ3n) is 10.2. The van der Waals surface area contributed by atoms with Crippen molar-refractivity contribution in [3.8, 4) is 6.01 Å². The first kappa shape index (κ1) is 27.8. The monoisotopic (exact) mass is 619 g/mol. The summed E-state index contributed by atoms with van der Waals surface area (Å²) in [5.74, 6) is 0.427. The summed E-state index contributed by atoms with van der Waals surface area (Å²) in [6, 6.07) is 5.28. The van der Waals surface area contributed by atoms with Crippen molar-refractivity contribution in [2.45, 2.75) is 101 Å². The molecule has 0 spiro atoms. The summed E-state index contributed by atoms with van der Waals surface area (Å²) < 4.78 is 28.8. The van der Waals surface area contributed by atoms with Crippen LogP contribution in [-0.2, 0) is 4.43 Å². The molecule has 4 atom stereocenters. The fourth-order valence-corrected chi connectivity index (χ4v) is 8.25. The van der Waals surface area contributed by atoms with Crippen LogP contribution in [0, 0.1) is 5.82 Å². The summed E-state index contributed by atoms with van der Waals surface area (Å²) in [6.07, 6.45) is 6.81. The molecular formula is C29H43BrFN5O2Si. The number of nitrogens with one attached hydrogen (secondary N) is 1. The molecule has 39 heavy (non-hydrogen) atoms. The number of halogens is 2. The lowest BCUT2D eigenvalue weighted by Gasteiger charge is -2.39. The summed E-state index contributed by atoms with van der Waals surface area (Å²) in [5, 5.41) is 4.63. The van der Waals surface area contributed by atoms with E-state index in [2.05, 4.69) is 69.9 Å². The quantitative estimate of drug-likeness (QED) is 0.389. The van der Waals surface area contributed by atoms with Crippen molar-refractivity contribution in [2.75, 3.05) is 37.7 Å². The molecule has 7 nitrogen and oxygen atoms in total. The van der Waals surface area contributed by atoms with Crippen LogP contribution in [0.4, 0.5) is 10.2 Å². The maximum absolute atomic E-state index is 15.3. The molecule has 0 saturated carbocycles. The van der Waals surface area contributed by atoms with E-state index in [0.29, 0.717) is 34.7 Å². The molecule has 0 radical (unpaired) electrons. The Balaban J connectivity index is 1.23. The minimum absolute atomic E-state index is 0.0239. The molecule has 0 aliphatic carbocycles. The van der Waals surface area contributed by atoms with Crippen molar-refractivity contribution in [1.82, 2.24) is 20.2 Å². The van der Waals surface area contributed by atoms with Crippen LogP contribution in [0.3, 0.4) is 0 Å². The van der Waals surface area contributed by atoms with E-state index in [1.54, 1.807) is 6.07 Å². The molecule has 10 heteroatoms. The van der Waals surface area contributed by atoms with Gasteiger partial charge in [-0.25, -0.2) is 4.39 Å². The third kappa shape index (κ3) is 5.13. The second-order valence-corrected chi connectivity index (χ2v) is 19.4. The Labute approximate surface area is 241 Å². The van der Waals surface area contributed by atoms with Gasteiger partial charge >= 0.3 is 6.01 Å². The van der Waals surface area contributed by atoms with Crippen molar-refractivity contribution in [2.24, 2.45) is 0 Å². The van der Waals surface area contributed by atoms with Crippen LogP contribution in [0.5, 0.6) is 6.01 Å². The van der Waals surface area contributed by atoms with E-state index in [0.717, 1.165) is 63.1 Å². The number of hydrogen-bond acceptors (Lipinski definition) is 7. The Morgan fingerprint density at radius 2 is 1.87 bits per heavy atom. The predicted octanol–water partition coefficient (Wildman–Crippen LogP) is 5.87. The Morgan fingerprint density at radius 3 is 2.59 bits per heavy atom. The van der Waals surface area contributed by atoms with Gasteiger partial charge in [-0.1, -0.05) is 20.8 Å². The summed E-state index contributed by atoms with van der Waals surface area (Å²) in [6.45, 7) is 15.7. The predicted molar refractivity (Wildman–Crippen MR) is 160 cm³/mol. The molecule has 0 amide bonds. The number of benzene rings is 1. The van der Waals surface area contributed by atoms with Crippen molar-refractivity contribution in [3.05, 3.63) is 22.4 Å². The van der Waals surface area contributed by atoms with Gasteiger partial charge in [-0.2, -0.15) is 9.97 Å². The van der Waals surface area contributed by atoms with Gasteiger partial charge in [0.05, 0.1) is 10.0 Å². The van der Waals surface area contributed by atoms with Crippen LogP contribution in [0.1, 0.15) is 59.3 Å². The van der Waals surface area contributed by atoms with Gasteiger partial charge in [-0.05, 0) is 91.3 Å². The van der Waals surface area contributed by atoms with Crippen molar-refractivity contribution < 1.29 is 13.6 Å². The Hall–Kier alpha value is -1.33. The zero-order valence-electron chi connectivity index (χ0n) is 24.0. The first-order valence-electron chi connectivity index (χ1n) is 14.7. The van der Waals surface area contributed by atoms with Crippen LogP contribution in [-0.4, -0.2) is 79.7 Å². The molecule has 4 fully saturated rings. The van der Waals surface area contributed by atoms with E-state index in [-0.39, 0.29) is 22.4 Å². The standard InChI is InChI=1S/C29H43BrFN5O2Si/c1-28(2,3)39(4,5)38-17-21-11-13-29(12-6-14-36(21)29)18-37-27-33-25-22(9-10-23(30)24(25)31)26(34-27)35-15-19-7-8-20(16-35)32-19/h9-10,19-21,32H,6-8,11-18H2,1-5H3. The number of rotatable bonds is 7. The van der Waals surface area contributed by atoms with E-state index >= 15 is 4.39 Å². The number of nitrogens with zero attached hydrogens (tertiary/aromatic N) is 4. The minimum Gasteiger partial charge on any atom is -0.461 e. The average molecular weight is 621 g/mol. The Bertz CT molecular complexity index is 1230. The SMILES string of the molecule is CC(C)(C)[Si](C)(C)OCC1CCC2(COc3nc(N4CC5CCC(C4)N5)c4ccc(Br)c(F)c4n3)CCCN12. The summed E-state index contributed by atoms with van der Waals surface area (Å²) in [5.41, 5.74) is 0.298. The topological polar surface area (TPSA) is 62.8 Å². The maximum atomic E-state index is 15.3. The largest absolute Gasteiger partial charge is 0.461 e. The summed E-state index contributed by atoms with van der Waals surface area (Å²) >= 11 is 3.35. The third-order valence-corrected chi connectivity index (χ3v) is 15.3. The minimum atomic E-state index is -1.80. The molecule has 5 heterocycles. The molecule has 1 aromatic heterocycles. The van der Waals surface area contributed by atoms with Crippen LogP contribution in [0.2, 0.25) is 18.1 Å². The highest BCUT2D eigenvalue weighted by molar-refractivity contribution is 9.10. The average Bonchev–Trinajstić information content (AvgIpc) is 3.56. The lowest BCUT2D eigenvalue weighted by molar-refractivity contribution is 0.0663. The molecule has 214 valence electrons. The van der Waals surface area contributed by atoms with Gasteiger partial charge in [0.1, 0.15) is 17.9 Å². The van der Waals surface area contributed by atoms with E-state index in [1.807, 2.05) is 6.07 Å². The van der Waals surface area contributed by atoms with Gasteiger partial charge in [0.15, 0.2) is 14.1 Å². The number of piperazine rings is 1. The molecule has 2 aromatic rings. The van der Waals surface area contributed by atoms with E-state index in [9.17, 15) is 0 Å². The molecule has 4 aliphatic rings. The van der Waals surface area contributed by atoms with Crippen LogP contribution >= 0.6 is 15.9 Å². The lowest BCUT2D eigenvalue weighted by Crippen LogP contribution is -2.51. The highest BCUT2D eigenvalue weighted by Crippen LogP contribution is 2.44. The van der Waals surface area contributed by atoms with Crippen molar-refractivity contribution in [3.63, 3.8) is 0 Å². The highest BCUT2D eigenvalue weighted by Gasteiger charge is 2.50. The second kappa shape index (κ2) is 10.2. The van der Waals surface area contributed by atoms with Crippen molar-refractivity contribution in [1.29, 1.82) is 0 Å². The fourth-order valence-electron chi connectivity index (χ4n) is 6.89. The van der Waals surface area contributed by atoms with Crippen LogP contribution in [0.25, 0.3) is 10.9 Å². The van der Waals surface area contributed by atoms with Gasteiger partial charge in [0.2, 0.25) is 0 Å². The first-order chi connectivity index (χ1) is 18.5. The smallest absolute Gasteiger partial charge is 0.319 e. The molecule has 6 rings (SSSR count). The maximum Gasteiger partial charge on any atom is 0.319 e. The van der Waals surface area contributed by atoms with Gasteiger partial charge in [-0.3, -0.25) is 4.90 Å². The zero-order chi connectivity index (χ0) is 27.6. The van der Waals surface area contributed by atoms with Gasteiger partial charge in [0, 0.05) is 43.2 Å². The van der Waals surface area contributed by atoms with Crippen LogP contribution in [0.15, 0.2) is 16.6 Å². The zero-order valence-corrected chi connectivity index (χ0v) is 26.6. The number of hydrogen-bond donors (Lipinski definition) is 1. The van der Waals surface area contributed by atoms with Gasteiger partial charge in [-0.15, -0.1) is 0 Å². The molecule has 1 aromatic carbocycles. The Kier molecular flexibility index (Phi) is 7.27. The first-order valence-corrected chi connectivity index (χ1v) is 18.4. The molecular weight excluding hydrogens is 577 g/mol. The van der Waals surface area contributed by atoms with E-state index in [4.69, 9.17) is 14.1 Å². The summed E-state index contributed by atoms with van der Waals surface area (Å²) in [7, 11) is -1.80. The normalized spacial score (nSPS) is 29.4. The van der Waals surface area contributed by atoms with Gasteiger partial charge < -0.3 is 19.4 Å². The molecule has 4 aliphatic heterocycles. The van der Waals surface area contributed by atoms with Gasteiger partial charge in [0.25, 0.3) is 0 Å². The lowest BCUT2D eigenvalue weighted by atomic mass is 9.95. The highest BCUT2D eigenvalue weighted by atomic mass is 79.9.